The number of nitrogens with one attached hydrogen (secondary N) is 1. The molecule has 0 bridgehead atoms. The van der Waals surface area contributed by atoms with Crippen LogP contribution in [-0.2, 0) is 6.54 Å². The summed E-state index contributed by atoms with van der Waals surface area (Å²) in [6.07, 6.45) is 4.40. The highest BCUT2D eigenvalue weighted by molar-refractivity contribution is 5.92. The summed E-state index contributed by atoms with van der Waals surface area (Å²) < 4.78 is 0. The third kappa shape index (κ3) is 4.22. The molecule has 0 spiro atoms. The van der Waals surface area contributed by atoms with Gasteiger partial charge in [-0.25, -0.2) is 9.98 Å². The van der Waals surface area contributed by atoms with E-state index in [1.165, 1.54) is 18.4 Å². The van der Waals surface area contributed by atoms with E-state index in [9.17, 15) is 0 Å². The van der Waals surface area contributed by atoms with Gasteiger partial charge in [0.15, 0.2) is 5.96 Å². The minimum absolute atomic E-state index is 0.416. The van der Waals surface area contributed by atoms with E-state index >= 15 is 0 Å². The monoisotopic (exact) mass is 309 g/mol. The van der Waals surface area contributed by atoms with Gasteiger partial charge in [-0.1, -0.05) is 18.2 Å². The molecule has 0 unspecified atom stereocenters. The summed E-state index contributed by atoms with van der Waals surface area (Å²) in [6.45, 7) is 4.79. The summed E-state index contributed by atoms with van der Waals surface area (Å²) in [5.41, 5.74) is 9.14. The molecule has 0 amide bonds. The highest BCUT2D eigenvalue weighted by Crippen LogP contribution is 2.17. The Morgan fingerprint density at radius 3 is 2.78 bits per heavy atom. The molecule has 0 saturated carbocycles. The van der Waals surface area contributed by atoms with Crippen LogP contribution in [0.2, 0.25) is 0 Å². The zero-order valence-electron chi connectivity index (χ0n) is 13.5. The maximum atomic E-state index is 5.94. The Morgan fingerprint density at radius 1 is 1.26 bits per heavy atom. The van der Waals surface area contributed by atoms with Crippen molar-refractivity contribution >= 4 is 17.5 Å². The molecule has 1 aliphatic heterocycles. The lowest BCUT2D eigenvalue weighted by Crippen LogP contribution is -2.22. The van der Waals surface area contributed by atoms with E-state index < -0.39 is 0 Å². The number of hydrogen-bond donors (Lipinski definition) is 2. The fraction of sp³-hybridized carbons (Fsp3) is 0.333. The van der Waals surface area contributed by atoms with Crippen molar-refractivity contribution in [3.63, 3.8) is 0 Å². The molecule has 0 radical (unpaired) electrons. The molecule has 120 valence electrons. The second-order valence-electron chi connectivity index (χ2n) is 5.91. The Labute approximate surface area is 137 Å². The van der Waals surface area contributed by atoms with Gasteiger partial charge in [0.05, 0.1) is 6.54 Å². The summed E-state index contributed by atoms with van der Waals surface area (Å²) in [6, 6.07) is 12.2. The quantitative estimate of drug-likeness (QED) is 0.673. The SMILES string of the molecule is Cc1cccc(NC(N)=NCc2ccc(N3CCCC3)nc2)c1. The predicted octanol–water partition coefficient (Wildman–Crippen LogP) is 2.92. The number of guanidine groups is 1. The summed E-state index contributed by atoms with van der Waals surface area (Å²) in [5, 5.41) is 3.11. The minimum Gasteiger partial charge on any atom is -0.370 e. The Bertz CT molecular complexity index is 672. The van der Waals surface area contributed by atoms with E-state index in [1.54, 1.807) is 0 Å². The molecule has 1 aliphatic rings. The van der Waals surface area contributed by atoms with Crippen molar-refractivity contribution in [2.75, 3.05) is 23.3 Å². The van der Waals surface area contributed by atoms with Crippen LogP contribution in [0.5, 0.6) is 0 Å². The van der Waals surface area contributed by atoms with Gasteiger partial charge in [-0.2, -0.15) is 0 Å². The van der Waals surface area contributed by atoms with Crippen LogP contribution in [0.1, 0.15) is 24.0 Å². The van der Waals surface area contributed by atoms with E-state index in [2.05, 4.69) is 32.3 Å². The maximum Gasteiger partial charge on any atom is 0.193 e. The number of hydrogen-bond acceptors (Lipinski definition) is 3. The lowest BCUT2D eigenvalue weighted by molar-refractivity contribution is 0.929. The van der Waals surface area contributed by atoms with Gasteiger partial charge in [-0.05, 0) is 49.1 Å². The van der Waals surface area contributed by atoms with Gasteiger partial charge in [0.1, 0.15) is 5.82 Å². The van der Waals surface area contributed by atoms with Crippen LogP contribution < -0.4 is 16.0 Å². The summed E-state index contributed by atoms with van der Waals surface area (Å²) >= 11 is 0. The lowest BCUT2D eigenvalue weighted by atomic mass is 10.2. The highest BCUT2D eigenvalue weighted by atomic mass is 15.2. The maximum absolute atomic E-state index is 5.94. The van der Waals surface area contributed by atoms with Crippen molar-refractivity contribution < 1.29 is 0 Å². The number of nitrogens with zero attached hydrogens (tertiary/aromatic N) is 3. The normalized spacial score (nSPS) is 15.0. The zero-order chi connectivity index (χ0) is 16.1. The fourth-order valence-electron chi connectivity index (χ4n) is 2.73. The molecule has 2 aromatic rings. The summed E-state index contributed by atoms with van der Waals surface area (Å²) in [4.78, 5) is 11.2. The van der Waals surface area contributed by atoms with E-state index in [1.807, 2.05) is 37.4 Å². The average Bonchev–Trinajstić information content (AvgIpc) is 3.08. The lowest BCUT2D eigenvalue weighted by Gasteiger charge is -2.16. The molecular weight excluding hydrogens is 286 g/mol. The number of aryl methyl sites for hydroxylation is 1. The first-order valence-electron chi connectivity index (χ1n) is 8.04. The smallest absolute Gasteiger partial charge is 0.193 e. The number of nitrogens with two attached hydrogens (primary N) is 1. The first-order valence-corrected chi connectivity index (χ1v) is 8.04. The van der Waals surface area contributed by atoms with Crippen LogP contribution in [0.3, 0.4) is 0 Å². The molecule has 1 saturated heterocycles. The molecule has 23 heavy (non-hydrogen) atoms. The van der Waals surface area contributed by atoms with Gasteiger partial charge >= 0.3 is 0 Å². The van der Waals surface area contributed by atoms with Gasteiger partial charge in [0, 0.05) is 25.0 Å². The molecule has 0 aliphatic carbocycles. The van der Waals surface area contributed by atoms with Gasteiger partial charge in [0.2, 0.25) is 0 Å². The van der Waals surface area contributed by atoms with Crippen molar-refractivity contribution in [1.82, 2.24) is 4.98 Å². The van der Waals surface area contributed by atoms with Crippen molar-refractivity contribution in [3.8, 4) is 0 Å². The predicted molar refractivity (Wildman–Crippen MR) is 95.8 cm³/mol. The number of aliphatic imine (C=N–C) groups is 1. The fourth-order valence-corrected chi connectivity index (χ4v) is 2.73. The average molecular weight is 309 g/mol. The number of benzene rings is 1. The standard InChI is InChI=1S/C18H23N5/c1-14-5-4-6-16(11-14)22-18(19)21-13-15-7-8-17(20-12-15)23-9-2-3-10-23/h4-8,11-12H,2-3,9-10,13H2,1H3,(H3,19,21,22). The van der Waals surface area contributed by atoms with Crippen LogP contribution in [0.15, 0.2) is 47.6 Å². The van der Waals surface area contributed by atoms with E-state index in [0.29, 0.717) is 12.5 Å². The van der Waals surface area contributed by atoms with Gasteiger partial charge < -0.3 is 16.0 Å². The van der Waals surface area contributed by atoms with Crippen LogP contribution in [0.25, 0.3) is 0 Å². The molecule has 1 aromatic heterocycles. The molecule has 1 fully saturated rings. The summed E-state index contributed by atoms with van der Waals surface area (Å²) in [5.74, 6) is 1.47. The molecular formula is C18H23N5. The van der Waals surface area contributed by atoms with Crippen molar-refractivity contribution in [3.05, 3.63) is 53.7 Å². The Hall–Kier alpha value is -2.56. The molecule has 0 atom stereocenters. The minimum atomic E-state index is 0.416. The molecule has 1 aromatic carbocycles. The van der Waals surface area contributed by atoms with Crippen LogP contribution in [0, 0.1) is 6.92 Å². The number of anilines is 2. The van der Waals surface area contributed by atoms with E-state index in [4.69, 9.17) is 5.73 Å². The molecule has 5 nitrogen and oxygen atoms in total. The first-order chi connectivity index (χ1) is 11.2. The molecule has 3 N–H and O–H groups in total. The zero-order valence-corrected chi connectivity index (χ0v) is 13.5. The Kier molecular flexibility index (Phi) is 4.76. The number of rotatable bonds is 4. The third-order valence-corrected chi connectivity index (χ3v) is 3.96. The van der Waals surface area contributed by atoms with Gasteiger partial charge in [-0.15, -0.1) is 0 Å². The molecule has 2 heterocycles. The number of pyridine rings is 1. The van der Waals surface area contributed by atoms with Crippen molar-refractivity contribution in [2.45, 2.75) is 26.3 Å². The largest absolute Gasteiger partial charge is 0.370 e. The van der Waals surface area contributed by atoms with Crippen molar-refractivity contribution in [1.29, 1.82) is 0 Å². The second kappa shape index (κ2) is 7.13. The van der Waals surface area contributed by atoms with E-state index in [-0.39, 0.29) is 0 Å². The third-order valence-electron chi connectivity index (χ3n) is 3.96. The van der Waals surface area contributed by atoms with Crippen molar-refractivity contribution in [2.24, 2.45) is 10.7 Å². The Balaban J connectivity index is 1.58. The van der Waals surface area contributed by atoms with Crippen LogP contribution >= 0.6 is 0 Å². The number of aromatic nitrogens is 1. The van der Waals surface area contributed by atoms with Crippen LogP contribution in [-0.4, -0.2) is 24.0 Å². The highest BCUT2D eigenvalue weighted by Gasteiger charge is 2.12. The van der Waals surface area contributed by atoms with Crippen LogP contribution in [0.4, 0.5) is 11.5 Å². The molecule has 5 heteroatoms. The van der Waals surface area contributed by atoms with Gasteiger partial charge in [0.25, 0.3) is 0 Å². The molecule has 3 rings (SSSR count). The topological polar surface area (TPSA) is 66.5 Å². The Morgan fingerprint density at radius 2 is 2.09 bits per heavy atom. The van der Waals surface area contributed by atoms with E-state index in [0.717, 1.165) is 30.2 Å². The second-order valence-corrected chi connectivity index (χ2v) is 5.91. The summed E-state index contributed by atoms with van der Waals surface area (Å²) in [7, 11) is 0. The first kappa shape index (κ1) is 15.3. The van der Waals surface area contributed by atoms with Gasteiger partial charge in [-0.3, -0.25) is 0 Å².